The molecule has 1 aromatic heterocycles. The molecule has 1 aliphatic rings. The van der Waals surface area contributed by atoms with Gasteiger partial charge in [-0.2, -0.15) is 11.8 Å². The molecular weight excluding hydrogens is 236 g/mol. The molecule has 0 aliphatic heterocycles. The Morgan fingerprint density at radius 2 is 2.29 bits per heavy atom. The van der Waals surface area contributed by atoms with E-state index in [1.165, 1.54) is 25.7 Å². The first-order valence-corrected chi connectivity index (χ1v) is 6.97. The molecule has 17 heavy (non-hydrogen) atoms. The summed E-state index contributed by atoms with van der Waals surface area (Å²) >= 11 is 1.92. The van der Waals surface area contributed by atoms with E-state index in [2.05, 4.69) is 5.43 Å². The molecule has 94 valence electrons. The first-order chi connectivity index (χ1) is 8.20. The van der Waals surface area contributed by atoms with Crippen LogP contribution in [0.1, 0.15) is 47.6 Å². The first kappa shape index (κ1) is 12.5. The number of amides is 1. The second-order valence-corrected chi connectivity index (χ2v) is 5.66. The highest BCUT2D eigenvalue weighted by Crippen LogP contribution is 2.32. The SMILES string of the molecule is Cc1oc(CSC2CCCC2)cc1C(=O)NN. The number of nitrogens with one attached hydrogen (secondary N) is 1. The molecule has 1 saturated carbocycles. The van der Waals surface area contributed by atoms with Crippen LogP contribution in [0.2, 0.25) is 0 Å². The van der Waals surface area contributed by atoms with E-state index in [9.17, 15) is 4.79 Å². The minimum absolute atomic E-state index is 0.289. The van der Waals surface area contributed by atoms with Crippen molar-refractivity contribution in [3.05, 3.63) is 23.2 Å². The summed E-state index contributed by atoms with van der Waals surface area (Å²) < 4.78 is 5.56. The Balaban J connectivity index is 1.94. The van der Waals surface area contributed by atoms with Crippen LogP contribution >= 0.6 is 11.8 Å². The number of carbonyl (C=O) groups excluding carboxylic acids is 1. The highest BCUT2D eigenvalue weighted by molar-refractivity contribution is 7.99. The van der Waals surface area contributed by atoms with Crippen LogP contribution in [-0.2, 0) is 5.75 Å². The van der Waals surface area contributed by atoms with E-state index in [4.69, 9.17) is 10.3 Å². The van der Waals surface area contributed by atoms with Gasteiger partial charge < -0.3 is 4.42 Å². The molecule has 3 N–H and O–H groups in total. The molecule has 1 aliphatic carbocycles. The highest BCUT2D eigenvalue weighted by Gasteiger charge is 2.18. The van der Waals surface area contributed by atoms with Gasteiger partial charge in [0.05, 0.1) is 11.3 Å². The maximum absolute atomic E-state index is 11.4. The zero-order chi connectivity index (χ0) is 12.3. The summed E-state index contributed by atoms with van der Waals surface area (Å²) in [4.78, 5) is 11.4. The van der Waals surface area contributed by atoms with E-state index in [1.54, 1.807) is 13.0 Å². The Morgan fingerprint density at radius 1 is 1.59 bits per heavy atom. The third-order valence-electron chi connectivity index (χ3n) is 3.11. The number of furan rings is 1. The second kappa shape index (κ2) is 5.60. The van der Waals surface area contributed by atoms with Gasteiger partial charge in [0, 0.05) is 5.25 Å². The molecule has 5 heteroatoms. The Morgan fingerprint density at radius 3 is 2.94 bits per heavy atom. The summed E-state index contributed by atoms with van der Waals surface area (Å²) in [6.07, 6.45) is 5.30. The van der Waals surface area contributed by atoms with Crippen LogP contribution in [0.15, 0.2) is 10.5 Å². The number of hydrogen-bond acceptors (Lipinski definition) is 4. The van der Waals surface area contributed by atoms with Gasteiger partial charge in [0.1, 0.15) is 11.5 Å². The van der Waals surface area contributed by atoms with Gasteiger partial charge in [0.2, 0.25) is 0 Å². The van der Waals surface area contributed by atoms with Crippen molar-refractivity contribution in [3.8, 4) is 0 Å². The van der Waals surface area contributed by atoms with Crippen LogP contribution in [0.3, 0.4) is 0 Å². The summed E-state index contributed by atoms with van der Waals surface area (Å²) in [7, 11) is 0. The normalized spacial score (nSPS) is 16.4. The molecule has 0 aromatic carbocycles. The fourth-order valence-corrected chi connectivity index (χ4v) is 3.38. The largest absolute Gasteiger partial charge is 0.465 e. The van der Waals surface area contributed by atoms with Crippen molar-refractivity contribution >= 4 is 17.7 Å². The number of hydrogen-bond donors (Lipinski definition) is 2. The van der Waals surface area contributed by atoms with Gasteiger partial charge in [0.15, 0.2) is 0 Å². The summed E-state index contributed by atoms with van der Waals surface area (Å²) in [6, 6.07) is 1.79. The Hall–Kier alpha value is -0.940. The minimum atomic E-state index is -0.289. The topological polar surface area (TPSA) is 68.3 Å². The van der Waals surface area contributed by atoms with E-state index in [0.717, 1.165) is 16.8 Å². The molecule has 0 saturated heterocycles. The third-order valence-corrected chi connectivity index (χ3v) is 4.50. The van der Waals surface area contributed by atoms with Crippen molar-refractivity contribution in [1.82, 2.24) is 5.43 Å². The molecule has 0 spiro atoms. The lowest BCUT2D eigenvalue weighted by atomic mass is 10.2. The molecule has 0 unspecified atom stereocenters. The lowest BCUT2D eigenvalue weighted by Crippen LogP contribution is -2.30. The number of nitrogen functional groups attached to an aromatic ring is 1. The number of aryl methyl sites for hydroxylation is 1. The molecule has 1 amide bonds. The standard InChI is InChI=1S/C12H18N2O2S/c1-8-11(12(15)14-13)6-9(16-8)7-17-10-4-2-3-5-10/h6,10H,2-5,7,13H2,1H3,(H,14,15). The van der Waals surface area contributed by atoms with Crippen LogP contribution in [0.25, 0.3) is 0 Å². The summed E-state index contributed by atoms with van der Waals surface area (Å²) in [6.45, 7) is 1.79. The average molecular weight is 254 g/mol. The van der Waals surface area contributed by atoms with Gasteiger partial charge in [0.25, 0.3) is 5.91 Å². The number of rotatable bonds is 4. The Bertz CT molecular complexity index is 397. The van der Waals surface area contributed by atoms with E-state index >= 15 is 0 Å². The van der Waals surface area contributed by atoms with Gasteiger partial charge in [-0.15, -0.1) is 0 Å². The molecule has 2 rings (SSSR count). The van der Waals surface area contributed by atoms with E-state index in [-0.39, 0.29) is 5.91 Å². The van der Waals surface area contributed by atoms with Crippen LogP contribution in [0.4, 0.5) is 0 Å². The average Bonchev–Trinajstić information content (AvgIpc) is 2.94. The summed E-state index contributed by atoms with van der Waals surface area (Å²) in [5, 5.41) is 0.757. The van der Waals surface area contributed by atoms with E-state index in [1.807, 2.05) is 11.8 Å². The zero-order valence-electron chi connectivity index (χ0n) is 9.99. The first-order valence-electron chi connectivity index (χ1n) is 5.92. The summed E-state index contributed by atoms with van der Waals surface area (Å²) in [5.74, 6) is 7.15. The lowest BCUT2D eigenvalue weighted by Gasteiger charge is -2.05. The number of hydrazine groups is 1. The van der Waals surface area contributed by atoms with Crippen molar-refractivity contribution in [2.24, 2.45) is 5.84 Å². The van der Waals surface area contributed by atoms with Gasteiger partial charge in [-0.05, 0) is 25.8 Å². The van der Waals surface area contributed by atoms with Gasteiger partial charge in [-0.3, -0.25) is 10.2 Å². The van der Waals surface area contributed by atoms with Gasteiger partial charge in [-0.25, -0.2) is 5.84 Å². The number of thioether (sulfide) groups is 1. The van der Waals surface area contributed by atoms with Gasteiger partial charge >= 0.3 is 0 Å². The molecular formula is C12H18N2O2S. The zero-order valence-corrected chi connectivity index (χ0v) is 10.8. The molecule has 0 atom stereocenters. The van der Waals surface area contributed by atoms with Gasteiger partial charge in [-0.1, -0.05) is 12.8 Å². The maximum Gasteiger partial charge on any atom is 0.268 e. The molecule has 1 heterocycles. The Labute approximate surface area is 105 Å². The maximum atomic E-state index is 11.4. The van der Waals surface area contributed by atoms with E-state index in [0.29, 0.717) is 11.3 Å². The van der Waals surface area contributed by atoms with Crippen molar-refractivity contribution in [3.63, 3.8) is 0 Å². The van der Waals surface area contributed by atoms with Crippen LogP contribution in [0.5, 0.6) is 0 Å². The van der Waals surface area contributed by atoms with Crippen LogP contribution < -0.4 is 11.3 Å². The molecule has 4 nitrogen and oxygen atoms in total. The van der Waals surface area contributed by atoms with Crippen molar-refractivity contribution in [1.29, 1.82) is 0 Å². The van der Waals surface area contributed by atoms with E-state index < -0.39 is 0 Å². The molecule has 0 radical (unpaired) electrons. The van der Waals surface area contributed by atoms with Crippen molar-refractivity contribution < 1.29 is 9.21 Å². The molecule has 1 aromatic rings. The van der Waals surface area contributed by atoms with Crippen molar-refractivity contribution in [2.75, 3.05) is 0 Å². The second-order valence-electron chi connectivity index (χ2n) is 4.37. The van der Waals surface area contributed by atoms with Crippen LogP contribution in [-0.4, -0.2) is 11.2 Å². The predicted octanol–water partition coefficient (Wildman–Crippen LogP) is 2.37. The fraction of sp³-hybridized carbons (Fsp3) is 0.583. The molecule has 0 bridgehead atoms. The van der Waals surface area contributed by atoms with Crippen molar-refractivity contribution in [2.45, 2.75) is 43.6 Å². The van der Waals surface area contributed by atoms with Crippen LogP contribution in [0, 0.1) is 6.92 Å². The smallest absolute Gasteiger partial charge is 0.268 e. The highest BCUT2D eigenvalue weighted by atomic mass is 32.2. The minimum Gasteiger partial charge on any atom is -0.465 e. The lowest BCUT2D eigenvalue weighted by molar-refractivity contribution is 0.0952. The number of carbonyl (C=O) groups is 1. The third kappa shape index (κ3) is 3.04. The molecule has 1 fully saturated rings. The predicted molar refractivity (Wildman–Crippen MR) is 68.6 cm³/mol. The number of nitrogens with two attached hydrogens (primary N) is 1. The summed E-state index contributed by atoms with van der Waals surface area (Å²) in [5.41, 5.74) is 2.66. The quantitative estimate of drug-likeness (QED) is 0.492. The monoisotopic (exact) mass is 254 g/mol. The fourth-order valence-electron chi connectivity index (χ4n) is 2.17. The Kier molecular flexibility index (Phi) is 4.12.